The molecule has 2 saturated carbocycles. The lowest BCUT2D eigenvalue weighted by atomic mass is 9.89. The average Bonchev–Trinajstić information content (AvgIpc) is 2.69. The summed E-state index contributed by atoms with van der Waals surface area (Å²) in [6, 6.07) is 0. The zero-order valence-electron chi connectivity index (χ0n) is 6.82. The minimum Gasteiger partial charge on any atom is -0.550 e. The second-order valence-electron chi connectivity index (χ2n) is 4.41. The van der Waals surface area contributed by atoms with Crippen LogP contribution in [-0.2, 0) is 4.79 Å². The molecule has 0 N–H and O–H groups in total. The normalized spacial score (nSPS) is 45.5. The largest absolute Gasteiger partial charge is 0.550 e. The van der Waals surface area contributed by atoms with E-state index < -0.39 is 5.97 Å². The van der Waals surface area contributed by atoms with Crippen LogP contribution in [0.15, 0.2) is 12.2 Å². The molecule has 0 saturated heterocycles. The van der Waals surface area contributed by atoms with Gasteiger partial charge in [0.25, 0.3) is 0 Å². The van der Waals surface area contributed by atoms with E-state index in [0.717, 1.165) is 6.42 Å². The van der Waals surface area contributed by atoms with Crippen LogP contribution in [0, 0.1) is 23.2 Å². The fourth-order valence-electron chi connectivity index (χ4n) is 3.24. The van der Waals surface area contributed by atoms with Gasteiger partial charge in [-0.2, -0.15) is 0 Å². The Kier molecular flexibility index (Phi) is 0.980. The summed E-state index contributed by atoms with van der Waals surface area (Å²) in [4.78, 5) is 10.8. The van der Waals surface area contributed by atoms with Gasteiger partial charge in [-0.1, -0.05) is 12.2 Å². The molecule has 0 heterocycles. The summed E-state index contributed by atoms with van der Waals surface area (Å²) in [5, 5.41) is 10.8. The van der Waals surface area contributed by atoms with E-state index in [1.807, 2.05) is 0 Å². The highest BCUT2D eigenvalue weighted by atomic mass is 16.4. The molecule has 3 aliphatic rings. The standard InChI is InChI=1S/C10H12O2/c11-9(12)7-5-6-1-2-8(7)10(6)3-4-10/h1-2,6-8H,3-5H2,(H,11,12)/p-1/t6-,7-,8-/m1/s1. The van der Waals surface area contributed by atoms with E-state index in [4.69, 9.17) is 0 Å². The average molecular weight is 163 g/mol. The van der Waals surface area contributed by atoms with E-state index in [2.05, 4.69) is 12.2 Å². The highest BCUT2D eigenvalue weighted by molar-refractivity contribution is 5.70. The first-order valence-electron chi connectivity index (χ1n) is 4.63. The van der Waals surface area contributed by atoms with E-state index in [9.17, 15) is 9.90 Å². The van der Waals surface area contributed by atoms with Crippen LogP contribution in [0.2, 0.25) is 0 Å². The summed E-state index contributed by atoms with van der Waals surface area (Å²) < 4.78 is 0. The predicted molar refractivity (Wildman–Crippen MR) is 40.9 cm³/mol. The van der Waals surface area contributed by atoms with Crippen molar-refractivity contribution in [3.05, 3.63) is 12.2 Å². The first-order chi connectivity index (χ1) is 5.74. The van der Waals surface area contributed by atoms with Crippen LogP contribution < -0.4 is 5.11 Å². The molecule has 0 unspecified atom stereocenters. The number of carbonyl (C=O) groups is 1. The molecule has 12 heavy (non-hydrogen) atoms. The molecule has 0 aromatic heterocycles. The van der Waals surface area contributed by atoms with E-state index in [0.29, 0.717) is 17.3 Å². The van der Waals surface area contributed by atoms with Crippen molar-refractivity contribution >= 4 is 5.97 Å². The third-order valence-electron chi connectivity index (χ3n) is 4.02. The summed E-state index contributed by atoms with van der Waals surface area (Å²) in [7, 11) is 0. The number of carbonyl (C=O) groups excluding carboxylic acids is 1. The van der Waals surface area contributed by atoms with E-state index >= 15 is 0 Å². The third-order valence-corrected chi connectivity index (χ3v) is 4.02. The van der Waals surface area contributed by atoms with Crippen LogP contribution in [0.4, 0.5) is 0 Å². The maximum absolute atomic E-state index is 10.8. The van der Waals surface area contributed by atoms with Crippen molar-refractivity contribution < 1.29 is 9.90 Å². The van der Waals surface area contributed by atoms with Gasteiger partial charge in [0.05, 0.1) is 0 Å². The molecule has 3 aliphatic carbocycles. The molecule has 0 aliphatic heterocycles. The molecule has 0 amide bonds. The van der Waals surface area contributed by atoms with Gasteiger partial charge in [-0.3, -0.25) is 0 Å². The fourth-order valence-corrected chi connectivity index (χ4v) is 3.24. The maximum atomic E-state index is 10.8. The van der Waals surface area contributed by atoms with Gasteiger partial charge in [-0.25, -0.2) is 0 Å². The smallest absolute Gasteiger partial charge is 0.0451 e. The highest BCUT2D eigenvalue weighted by Gasteiger charge is 2.62. The van der Waals surface area contributed by atoms with Crippen LogP contribution in [0.1, 0.15) is 19.3 Å². The van der Waals surface area contributed by atoms with Crippen LogP contribution in [0.25, 0.3) is 0 Å². The molecule has 0 aromatic carbocycles. The number of aliphatic carboxylic acids is 1. The number of carboxylic acids is 1. The Hall–Kier alpha value is -0.790. The maximum Gasteiger partial charge on any atom is 0.0451 e. The Bertz CT molecular complexity index is 276. The second kappa shape index (κ2) is 1.76. The van der Waals surface area contributed by atoms with Crippen molar-refractivity contribution in [3.8, 4) is 0 Å². The number of hydrogen-bond donors (Lipinski definition) is 0. The first-order valence-corrected chi connectivity index (χ1v) is 4.63. The first kappa shape index (κ1) is 6.70. The molecule has 64 valence electrons. The second-order valence-corrected chi connectivity index (χ2v) is 4.41. The lowest BCUT2D eigenvalue weighted by molar-refractivity contribution is -0.312. The van der Waals surface area contributed by atoms with Gasteiger partial charge in [-0.15, -0.1) is 0 Å². The Morgan fingerprint density at radius 3 is 2.58 bits per heavy atom. The van der Waals surface area contributed by atoms with Crippen molar-refractivity contribution in [3.63, 3.8) is 0 Å². The van der Waals surface area contributed by atoms with E-state index in [-0.39, 0.29) is 5.92 Å². The van der Waals surface area contributed by atoms with Crippen molar-refractivity contribution in [1.29, 1.82) is 0 Å². The Labute approximate surface area is 71.3 Å². The van der Waals surface area contributed by atoms with Gasteiger partial charge in [0.15, 0.2) is 0 Å². The molecule has 0 radical (unpaired) electrons. The molecular formula is C10H11O2-. The topological polar surface area (TPSA) is 40.1 Å². The van der Waals surface area contributed by atoms with E-state index in [1.165, 1.54) is 12.8 Å². The molecule has 0 aromatic rings. The molecule has 2 bridgehead atoms. The minimum atomic E-state index is -0.835. The van der Waals surface area contributed by atoms with Crippen molar-refractivity contribution in [2.75, 3.05) is 0 Å². The lowest BCUT2D eigenvalue weighted by Gasteiger charge is -2.20. The molecular weight excluding hydrogens is 152 g/mol. The van der Waals surface area contributed by atoms with Gasteiger partial charge in [0.1, 0.15) is 0 Å². The van der Waals surface area contributed by atoms with Crippen LogP contribution in [0.5, 0.6) is 0 Å². The summed E-state index contributed by atoms with van der Waals surface area (Å²) in [6.45, 7) is 0. The SMILES string of the molecule is O=C([O-])[C@@H]1C[C@H]2C=C[C@H]1C21CC1. The minimum absolute atomic E-state index is 0.178. The molecule has 2 heteroatoms. The molecule has 3 rings (SSSR count). The number of carboxylic acid groups (broad SMARTS) is 1. The number of allylic oxidation sites excluding steroid dienone is 2. The quantitative estimate of drug-likeness (QED) is 0.523. The van der Waals surface area contributed by atoms with E-state index in [1.54, 1.807) is 0 Å². The molecule has 2 nitrogen and oxygen atoms in total. The van der Waals surface area contributed by atoms with Crippen LogP contribution >= 0.6 is 0 Å². The van der Waals surface area contributed by atoms with Gasteiger partial charge in [0, 0.05) is 11.9 Å². The van der Waals surface area contributed by atoms with Crippen LogP contribution in [-0.4, -0.2) is 5.97 Å². The molecule has 1 spiro atoms. The van der Waals surface area contributed by atoms with Crippen LogP contribution in [0.3, 0.4) is 0 Å². The third kappa shape index (κ3) is 0.563. The summed E-state index contributed by atoms with van der Waals surface area (Å²) >= 11 is 0. The summed E-state index contributed by atoms with van der Waals surface area (Å²) in [5.41, 5.74) is 0.394. The summed E-state index contributed by atoms with van der Waals surface area (Å²) in [5.74, 6) is -0.140. The number of rotatable bonds is 1. The highest BCUT2D eigenvalue weighted by Crippen LogP contribution is 2.69. The Morgan fingerprint density at radius 1 is 1.42 bits per heavy atom. The van der Waals surface area contributed by atoms with Gasteiger partial charge in [-0.05, 0) is 36.5 Å². The monoisotopic (exact) mass is 163 g/mol. The van der Waals surface area contributed by atoms with Gasteiger partial charge < -0.3 is 9.90 Å². The number of hydrogen-bond acceptors (Lipinski definition) is 2. The molecule has 2 fully saturated rings. The molecule has 3 atom stereocenters. The predicted octanol–water partition coefficient (Wildman–Crippen LogP) is 0.339. The van der Waals surface area contributed by atoms with Crippen molar-refractivity contribution in [2.24, 2.45) is 23.2 Å². The van der Waals surface area contributed by atoms with Gasteiger partial charge in [0.2, 0.25) is 0 Å². The summed E-state index contributed by atoms with van der Waals surface area (Å²) in [6.07, 6.45) is 7.64. The van der Waals surface area contributed by atoms with Crippen molar-refractivity contribution in [1.82, 2.24) is 0 Å². The van der Waals surface area contributed by atoms with Crippen molar-refractivity contribution in [2.45, 2.75) is 19.3 Å². The van der Waals surface area contributed by atoms with Gasteiger partial charge >= 0.3 is 0 Å². The zero-order valence-corrected chi connectivity index (χ0v) is 6.82. The Morgan fingerprint density at radius 2 is 2.17 bits per heavy atom. The Balaban J connectivity index is 1.97. The zero-order chi connectivity index (χ0) is 8.34. The fraction of sp³-hybridized carbons (Fsp3) is 0.700. The lowest BCUT2D eigenvalue weighted by Crippen LogP contribution is -2.34.